The van der Waals surface area contributed by atoms with E-state index in [1.54, 1.807) is 31.5 Å². The van der Waals surface area contributed by atoms with Crippen LogP contribution in [0.1, 0.15) is 47.2 Å². The van der Waals surface area contributed by atoms with Gasteiger partial charge in [-0.05, 0) is 50.8 Å². The number of likely N-dealkylation sites (tertiary alicyclic amines) is 1. The van der Waals surface area contributed by atoms with Crippen LogP contribution >= 0.6 is 0 Å². The second kappa shape index (κ2) is 9.89. The van der Waals surface area contributed by atoms with Crippen molar-refractivity contribution >= 4 is 11.8 Å². The van der Waals surface area contributed by atoms with Gasteiger partial charge in [-0.2, -0.15) is 0 Å². The third-order valence-electron chi connectivity index (χ3n) is 6.78. The van der Waals surface area contributed by atoms with Gasteiger partial charge in [-0.1, -0.05) is 17.7 Å². The first kappa shape index (κ1) is 23.2. The van der Waals surface area contributed by atoms with Crippen LogP contribution in [0.15, 0.2) is 42.6 Å². The molecule has 8 heteroatoms. The predicted molar refractivity (Wildman–Crippen MR) is 124 cm³/mol. The van der Waals surface area contributed by atoms with E-state index < -0.39 is 5.60 Å². The van der Waals surface area contributed by atoms with E-state index in [4.69, 9.17) is 4.74 Å². The first-order valence-corrected chi connectivity index (χ1v) is 11.5. The molecule has 2 heterocycles. The van der Waals surface area contributed by atoms with Gasteiger partial charge in [-0.25, -0.2) is 4.98 Å². The van der Waals surface area contributed by atoms with Gasteiger partial charge in [0, 0.05) is 42.5 Å². The molecule has 1 saturated heterocycles. The fourth-order valence-corrected chi connectivity index (χ4v) is 4.66. The molecule has 0 radical (unpaired) electrons. The quantitative estimate of drug-likeness (QED) is 0.592. The molecule has 0 spiro atoms. The number of carbonyl (C=O) groups excluding carboxylic acids is 2. The SMILES string of the molecule is COc1ccc([C@]2(O)CC[C@H](N3CC(NC(=O)CNC(=O)c4ccc(C)cc4)C3)CC2)cn1. The lowest BCUT2D eigenvalue weighted by atomic mass is 9.77. The molecule has 1 aromatic heterocycles. The highest BCUT2D eigenvalue weighted by molar-refractivity contribution is 5.96. The van der Waals surface area contributed by atoms with Crippen LogP contribution in [-0.2, 0) is 10.4 Å². The zero-order valence-corrected chi connectivity index (χ0v) is 19.2. The van der Waals surface area contributed by atoms with Gasteiger partial charge in [0.2, 0.25) is 11.8 Å². The summed E-state index contributed by atoms with van der Waals surface area (Å²) >= 11 is 0. The lowest BCUT2D eigenvalue weighted by Gasteiger charge is -2.48. The molecule has 1 aromatic carbocycles. The van der Waals surface area contributed by atoms with E-state index in [-0.39, 0.29) is 24.4 Å². The van der Waals surface area contributed by atoms with Gasteiger partial charge < -0.3 is 20.5 Å². The van der Waals surface area contributed by atoms with Gasteiger partial charge in [0.25, 0.3) is 5.91 Å². The number of aryl methyl sites for hydroxylation is 1. The summed E-state index contributed by atoms with van der Waals surface area (Å²) in [4.78, 5) is 30.9. The molecule has 2 aliphatic rings. The van der Waals surface area contributed by atoms with Crippen molar-refractivity contribution in [1.29, 1.82) is 0 Å². The summed E-state index contributed by atoms with van der Waals surface area (Å²) in [6.45, 7) is 3.52. The Labute approximate surface area is 194 Å². The van der Waals surface area contributed by atoms with E-state index in [1.165, 1.54) is 0 Å². The third kappa shape index (κ3) is 5.51. The van der Waals surface area contributed by atoms with Crippen LogP contribution in [0.2, 0.25) is 0 Å². The number of aromatic nitrogens is 1. The monoisotopic (exact) mass is 452 g/mol. The van der Waals surface area contributed by atoms with E-state index in [0.29, 0.717) is 30.3 Å². The molecule has 8 nitrogen and oxygen atoms in total. The van der Waals surface area contributed by atoms with E-state index in [9.17, 15) is 14.7 Å². The number of methoxy groups -OCH3 is 1. The molecule has 3 N–H and O–H groups in total. The maximum Gasteiger partial charge on any atom is 0.251 e. The van der Waals surface area contributed by atoms with Gasteiger partial charge >= 0.3 is 0 Å². The van der Waals surface area contributed by atoms with E-state index in [2.05, 4.69) is 20.5 Å². The number of amides is 2. The Morgan fingerprint density at radius 1 is 1.15 bits per heavy atom. The van der Waals surface area contributed by atoms with Crippen LogP contribution in [0.5, 0.6) is 5.88 Å². The number of ether oxygens (including phenoxy) is 1. The number of nitrogens with one attached hydrogen (secondary N) is 2. The van der Waals surface area contributed by atoms with Gasteiger partial charge in [-0.15, -0.1) is 0 Å². The summed E-state index contributed by atoms with van der Waals surface area (Å²) in [6, 6.07) is 11.4. The second-order valence-electron chi connectivity index (χ2n) is 9.12. The lowest BCUT2D eigenvalue weighted by Crippen LogP contribution is -2.63. The Balaban J connectivity index is 1.16. The van der Waals surface area contributed by atoms with Crippen molar-refractivity contribution in [2.24, 2.45) is 0 Å². The van der Waals surface area contributed by atoms with Gasteiger partial charge in [0.05, 0.1) is 25.3 Å². The fraction of sp³-hybridized carbons (Fsp3) is 0.480. The van der Waals surface area contributed by atoms with Crippen LogP contribution in [-0.4, -0.2) is 65.6 Å². The summed E-state index contributed by atoms with van der Waals surface area (Å²) in [6.07, 6.45) is 4.87. The molecule has 1 aliphatic heterocycles. The summed E-state index contributed by atoms with van der Waals surface area (Å²) < 4.78 is 5.10. The summed E-state index contributed by atoms with van der Waals surface area (Å²) in [5.41, 5.74) is 1.62. The molecule has 4 rings (SSSR count). The van der Waals surface area contributed by atoms with Crippen molar-refractivity contribution in [2.45, 2.75) is 50.3 Å². The van der Waals surface area contributed by atoms with E-state index in [0.717, 1.165) is 37.1 Å². The minimum absolute atomic E-state index is 0.0322. The van der Waals surface area contributed by atoms with E-state index >= 15 is 0 Å². The average molecular weight is 453 g/mol. The van der Waals surface area contributed by atoms with Crippen molar-refractivity contribution in [3.05, 3.63) is 59.3 Å². The van der Waals surface area contributed by atoms with Crippen LogP contribution in [0.25, 0.3) is 0 Å². The topological polar surface area (TPSA) is 104 Å². The maximum atomic E-state index is 12.2. The predicted octanol–water partition coefficient (Wildman–Crippen LogP) is 1.76. The molecule has 33 heavy (non-hydrogen) atoms. The molecule has 2 fully saturated rings. The highest BCUT2D eigenvalue weighted by Crippen LogP contribution is 2.39. The smallest absolute Gasteiger partial charge is 0.251 e. The number of pyridine rings is 1. The van der Waals surface area contributed by atoms with Crippen LogP contribution in [0.4, 0.5) is 0 Å². The van der Waals surface area contributed by atoms with Crippen LogP contribution in [0, 0.1) is 6.92 Å². The number of rotatable bonds is 7. The average Bonchev–Trinajstić information content (AvgIpc) is 2.81. The molecule has 1 saturated carbocycles. The second-order valence-corrected chi connectivity index (χ2v) is 9.12. The molecule has 1 aliphatic carbocycles. The molecule has 0 unspecified atom stereocenters. The van der Waals surface area contributed by atoms with Gasteiger partial charge in [0.1, 0.15) is 0 Å². The summed E-state index contributed by atoms with van der Waals surface area (Å²) in [5, 5.41) is 16.7. The fourth-order valence-electron chi connectivity index (χ4n) is 4.66. The van der Waals surface area contributed by atoms with Crippen LogP contribution in [0.3, 0.4) is 0 Å². The standard InChI is InChI=1S/C25H32N4O4/c1-17-3-5-18(6-4-17)24(31)27-14-22(30)28-20-15-29(16-20)21-9-11-25(32,12-10-21)19-7-8-23(33-2)26-13-19/h3-8,13,20-21,32H,9-12,14-16H2,1-2H3,(H,27,31)(H,28,30)/t21-,25-. The highest BCUT2D eigenvalue weighted by Gasteiger charge is 2.40. The summed E-state index contributed by atoms with van der Waals surface area (Å²) in [7, 11) is 1.58. The minimum Gasteiger partial charge on any atom is -0.481 e. The molecule has 2 aromatic rings. The molecular formula is C25H32N4O4. The minimum atomic E-state index is -0.843. The Bertz CT molecular complexity index is 963. The summed E-state index contributed by atoms with van der Waals surface area (Å²) in [5.74, 6) is 0.117. The van der Waals surface area contributed by atoms with Crippen molar-refractivity contribution in [3.63, 3.8) is 0 Å². The molecule has 0 atom stereocenters. The Morgan fingerprint density at radius 3 is 2.45 bits per heavy atom. The Hall–Kier alpha value is -2.97. The zero-order chi connectivity index (χ0) is 23.4. The van der Waals surface area contributed by atoms with Gasteiger partial charge in [0.15, 0.2) is 0 Å². The number of hydrogen-bond acceptors (Lipinski definition) is 6. The van der Waals surface area contributed by atoms with Crippen molar-refractivity contribution in [1.82, 2.24) is 20.5 Å². The molecule has 176 valence electrons. The zero-order valence-electron chi connectivity index (χ0n) is 19.2. The van der Waals surface area contributed by atoms with Gasteiger partial charge in [-0.3, -0.25) is 14.5 Å². The Morgan fingerprint density at radius 2 is 1.85 bits per heavy atom. The first-order chi connectivity index (χ1) is 15.9. The van der Waals surface area contributed by atoms with E-state index in [1.807, 2.05) is 25.1 Å². The number of aliphatic hydroxyl groups is 1. The maximum absolute atomic E-state index is 12.2. The molecule has 0 bridgehead atoms. The van der Waals surface area contributed by atoms with Crippen molar-refractivity contribution < 1.29 is 19.4 Å². The lowest BCUT2D eigenvalue weighted by molar-refractivity contribution is -0.122. The van der Waals surface area contributed by atoms with Crippen molar-refractivity contribution in [2.75, 3.05) is 26.7 Å². The normalized spacial score (nSPS) is 23.4. The number of benzene rings is 1. The van der Waals surface area contributed by atoms with Crippen LogP contribution < -0.4 is 15.4 Å². The number of hydrogen-bond donors (Lipinski definition) is 3. The molecule has 2 amide bonds. The highest BCUT2D eigenvalue weighted by atomic mass is 16.5. The Kier molecular flexibility index (Phi) is 6.95. The molecular weight excluding hydrogens is 420 g/mol. The number of carbonyl (C=O) groups is 2. The third-order valence-corrected chi connectivity index (χ3v) is 6.78. The number of nitrogens with zero attached hydrogens (tertiary/aromatic N) is 2. The van der Waals surface area contributed by atoms with Crippen molar-refractivity contribution in [3.8, 4) is 5.88 Å². The largest absolute Gasteiger partial charge is 0.481 e. The first-order valence-electron chi connectivity index (χ1n) is 11.5.